The summed E-state index contributed by atoms with van der Waals surface area (Å²) < 4.78 is 5.65. The number of hydrogen-bond donors (Lipinski definition) is 1. The van der Waals surface area contributed by atoms with Crippen molar-refractivity contribution in [2.75, 3.05) is 0 Å². The molecular weight excluding hydrogens is 274 g/mol. The first-order valence-corrected chi connectivity index (χ1v) is 7.24. The summed E-state index contributed by atoms with van der Waals surface area (Å²) in [4.78, 5) is 15.5. The number of nitrogens with zero attached hydrogens (tertiary/aromatic N) is 1. The fourth-order valence-electron chi connectivity index (χ4n) is 1.74. The highest BCUT2D eigenvalue weighted by Crippen LogP contribution is 2.20. The molecule has 0 aliphatic heterocycles. The standard InChI is InChI=1S/C15H17NO3S/c1-10(2)11-3-5-12(6-4-11)19-9-14-16-8-13(20-14)7-15(17)18/h3-6,8,10H,7,9H2,1-2H3,(H,17,18). The Balaban J connectivity index is 1.91. The van der Waals surface area contributed by atoms with Gasteiger partial charge in [0.25, 0.3) is 0 Å². The van der Waals surface area contributed by atoms with Crippen LogP contribution in [-0.4, -0.2) is 16.1 Å². The van der Waals surface area contributed by atoms with Crippen molar-refractivity contribution >= 4 is 17.3 Å². The van der Waals surface area contributed by atoms with Crippen LogP contribution in [0.3, 0.4) is 0 Å². The molecule has 0 spiro atoms. The van der Waals surface area contributed by atoms with E-state index in [1.807, 2.05) is 12.1 Å². The van der Waals surface area contributed by atoms with Gasteiger partial charge < -0.3 is 9.84 Å². The summed E-state index contributed by atoms with van der Waals surface area (Å²) in [6, 6.07) is 8.00. The summed E-state index contributed by atoms with van der Waals surface area (Å²) in [5.41, 5.74) is 1.27. The summed E-state index contributed by atoms with van der Waals surface area (Å²) in [6.45, 7) is 4.66. The molecule has 0 aliphatic carbocycles. The van der Waals surface area contributed by atoms with E-state index in [9.17, 15) is 4.79 Å². The SMILES string of the molecule is CC(C)c1ccc(OCc2ncc(CC(=O)O)s2)cc1. The summed E-state index contributed by atoms with van der Waals surface area (Å²) in [7, 11) is 0. The van der Waals surface area contributed by atoms with Crippen LogP contribution in [0, 0.1) is 0 Å². The second-order valence-electron chi connectivity index (χ2n) is 4.80. The Labute approximate surface area is 122 Å². The molecule has 0 fully saturated rings. The number of aliphatic carboxylic acids is 1. The van der Waals surface area contributed by atoms with Crippen molar-refractivity contribution in [2.24, 2.45) is 0 Å². The fourth-order valence-corrected chi connectivity index (χ4v) is 2.57. The van der Waals surface area contributed by atoms with Crippen LogP contribution in [0.5, 0.6) is 5.75 Å². The monoisotopic (exact) mass is 291 g/mol. The predicted octanol–water partition coefficient (Wildman–Crippen LogP) is 3.47. The van der Waals surface area contributed by atoms with Crippen LogP contribution in [0.4, 0.5) is 0 Å². The number of rotatable bonds is 6. The van der Waals surface area contributed by atoms with E-state index >= 15 is 0 Å². The number of carboxylic acid groups (broad SMARTS) is 1. The Morgan fingerprint density at radius 1 is 1.35 bits per heavy atom. The third kappa shape index (κ3) is 4.06. The van der Waals surface area contributed by atoms with Gasteiger partial charge in [-0.15, -0.1) is 11.3 Å². The maximum atomic E-state index is 10.6. The van der Waals surface area contributed by atoms with Crippen LogP contribution in [0.2, 0.25) is 0 Å². The second kappa shape index (κ2) is 6.52. The van der Waals surface area contributed by atoms with Crippen molar-refractivity contribution in [3.8, 4) is 5.75 Å². The first kappa shape index (κ1) is 14.5. The smallest absolute Gasteiger partial charge is 0.308 e. The van der Waals surface area contributed by atoms with E-state index in [-0.39, 0.29) is 6.42 Å². The van der Waals surface area contributed by atoms with Crippen LogP contribution in [0.25, 0.3) is 0 Å². The van der Waals surface area contributed by atoms with Gasteiger partial charge in [-0.1, -0.05) is 26.0 Å². The highest BCUT2D eigenvalue weighted by Gasteiger charge is 2.07. The topological polar surface area (TPSA) is 59.4 Å². The van der Waals surface area contributed by atoms with Gasteiger partial charge >= 0.3 is 5.97 Å². The van der Waals surface area contributed by atoms with E-state index in [0.29, 0.717) is 12.5 Å². The van der Waals surface area contributed by atoms with Gasteiger partial charge in [0.15, 0.2) is 0 Å². The summed E-state index contributed by atoms with van der Waals surface area (Å²) in [6.07, 6.45) is 1.61. The van der Waals surface area contributed by atoms with E-state index in [0.717, 1.165) is 15.6 Å². The van der Waals surface area contributed by atoms with Crippen molar-refractivity contribution in [3.05, 3.63) is 45.9 Å². The van der Waals surface area contributed by atoms with Gasteiger partial charge in [0.2, 0.25) is 0 Å². The molecule has 1 aromatic carbocycles. The number of ether oxygens (including phenoxy) is 1. The van der Waals surface area contributed by atoms with E-state index < -0.39 is 5.97 Å². The molecule has 20 heavy (non-hydrogen) atoms. The van der Waals surface area contributed by atoms with Crippen molar-refractivity contribution in [3.63, 3.8) is 0 Å². The Kier molecular flexibility index (Phi) is 4.74. The molecule has 0 unspecified atom stereocenters. The Morgan fingerprint density at radius 2 is 2.05 bits per heavy atom. The summed E-state index contributed by atoms with van der Waals surface area (Å²) >= 11 is 1.37. The largest absolute Gasteiger partial charge is 0.486 e. The van der Waals surface area contributed by atoms with Gasteiger partial charge in [0.05, 0.1) is 6.42 Å². The van der Waals surface area contributed by atoms with Gasteiger partial charge in [-0.05, 0) is 23.6 Å². The number of thiazole rings is 1. The molecule has 0 bridgehead atoms. The van der Waals surface area contributed by atoms with E-state index in [1.165, 1.54) is 16.9 Å². The molecule has 0 radical (unpaired) electrons. The molecule has 106 valence electrons. The third-order valence-electron chi connectivity index (χ3n) is 2.84. The molecule has 0 atom stereocenters. The molecule has 2 rings (SSSR count). The molecule has 1 heterocycles. The lowest BCUT2D eigenvalue weighted by molar-refractivity contribution is -0.136. The van der Waals surface area contributed by atoms with Crippen LogP contribution in [-0.2, 0) is 17.8 Å². The zero-order valence-corrected chi connectivity index (χ0v) is 12.3. The normalized spacial score (nSPS) is 10.8. The van der Waals surface area contributed by atoms with E-state index in [1.54, 1.807) is 6.20 Å². The van der Waals surface area contributed by atoms with Gasteiger partial charge in [0, 0.05) is 11.1 Å². The molecule has 0 saturated carbocycles. The highest BCUT2D eigenvalue weighted by molar-refractivity contribution is 7.11. The van der Waals surface area contributed by atoms with Gasteiger partial charge in [0.1, 0.15) is 17.4 Å². The molecule has 1 N–H and O–H groups in total. The van der Waals surface area contributed by atoms with Crippen LogP contribution in [0.15, 0.2) is 30.5 Å². The average molecular weight is 291 g/mol. The average Bonchev–Trinajstić information content (AvgIpc) is 2.83. The first-order valence-electron chi connectivity index (χ1n) is 6.42. The minimum atomic E-state index is -0.842. The number of carbonyl (C=O) groups is 1. The van der Waals surface area contributed by atoms with E-state index in [4.69, 9.17) is 9.84 Å². The molecular formula is C15H17NO3S. The summed E-state index contributed by atoms with van der Waals surface area (Å²) in [5, 5.41) is 9.49. The van der Waals surface area contributed by atoms with Crippen LogP contribution in [0.1, 0.15) is 35.2 Å². The van der Waals surface area contributed by atoms with Crippen molar-refractivity contribution in [2.45, 2.75) is 32.8 Å². The number of benzene rings is 1. The fraction of sp³-hybridized carbons (Fsp3) is 0.333. The highest BCUT2D eigenvalue weighted by atomic mass is 32.1. The lowest BCUT2D eigenvalue weighted by Gasteiger charge is -2.07. The predicted molar refractivity (Wildman–Crippen MR) is 78.3 cm³/mol. The summed E-state index contributed by atoms with van der Waals surface area (Å²) in [5.74, 6) is 0.455. The minimum Gasteiger partial charge on any atom is -0.486 e. The molecule has 0 saturated heterocycles. The van der Waals surface area contributed by atoms with Crippen LogP contribution < -0.4 is 4.74 Å². The quantitative estimate of drug-likeness (QED) is 0.885. The number of carboxylic acids is 1. The lowest BCUT2D eigenvalue weighted by Crippen LogP contribution is -1.97. The van der Waals surface area contributed by atoms with E-state index in [2.05, 4.69) is 31.0 Å². The first-order chi connectivity index (χ1) is 9.54. The second-order valence-corrected chi connectivity index (χ2v) is 6.00. The molecule has 5 heteroatoms. The zero-order chi connectivity index (χ0) is 14.5. The Morgan fingerprint density at radius 3 is 2.65 bits per heavy atom. The molecule has 1 aromatic heterocycles. The minimum absolute atomic E-state index is 0.0146. The molecule has 2 aromatic rings. The Bertz CT molecular complexity index is 575. The number of aromatic nitrogens is 1. The Hall–Kier alpha value is -1.88. The maximum Gasteiger partial charge on any atom is 0.308 e. The zero-order valence-electron chi connectivity index (χ0n) is 11.5. The number of hydrogen-bond acceptors (Lipinski definition) is 4. The molecule has 0 aliphatic rings. The van der Waals surface area contributed by atoms with Crippen LogP contribution >= 0.6 is 11.3 Å². The van der Waals surface area contributed by atoms with Crippen molar-refractivity contribution in [1.29, 1.82) is 0 Å². The van der Waals surface area contributed by atoms with Crippen molar-refractivity contribution < 1.29 is 14.6 Å². The van der Waals surface area contributed by atoms with Gasteiger partial charge in [-0.3, -0.25) is 4.79 Å². The third-order valence-corrected chi connectivity index (χ3v) is 3.81. The molecule has 0 amide bonds. The van der Waals surface area contributed by atoms with Crippen molar-refractivity contribution in [1.82, 2.24) is 4.98 Å². The lowest BCUT2D eigenvalue weighted by atomic mass is 10.0. The van der Waals surface area contributed by atoms with Gasteiger partial charge in [-0.25, -0.2) is 4.98 Å². The maximum absolute atomic E-state index is 10.6. The van der Waals surface area contributed by atoms with Gasteiger partial charge in [-0.2, -0.15) is 0 Å². The molecule has 4 nitrogen and oxygen atoms in total.